The van der Waals surface area contributed by atoms with E-state index in [0.29, 0.717) is 34.6 Å². The molecule has 20 heavy (non-hydrogen) atoms. The number of aliphatic hydroxyl groups excluding tert-OH is 1. The summed E-state index contributed by atoms with van der Waals surface area (Å²) in [6, 6.07) is 5.02. The summed E-state index contributed by atoms with van der Waals surface area (Å²) in [6.45, 7) is 4.54. The zero-order chi connectivity index (χ0) is 15.1. The monoisotopic (exact) mass is 318 g/mol. The maximum Gasteiger partial charge on any atom is 0.238 e. The highest BCUT2D eigenvalue weighted by atomic mass is 35.5. The molecular formula is C14H20Cl2N2O2. The van der Waals surface area contributed by atoms with E-state index in [1.807, 2.05) is 13.8 Å². The maximum absolute atomic E-state index is 11.7. The second-order valence-electron chi connectivity index (χ2n) is 5.06. The molecule has 0 radical (unpaired) electrons. The van der Waals surface area contributed by atoms with Gasteiger partial charge in [-0.25, -0.2) is 0 Å². The average molecular weight is 319 g/mol. The third-order valence-electron chi connectivity index (χ3n) is 2.64. The first-order valence-electron chi connectivity index (χ1n) is 6.52. The second kappa shape index (κ2) is 8.47. The quantitative estimate of drug-likeness (QED) is 0.724. The Hall–Kier alpha value is -0.810. The normalized spacial score (nSPS) is 12.5. The molecule has 0 aliphatic carbocycles. The molecule has 0 saturated heterocycles. The Labute approximate surface area is 129 Å². The molecule has 0 fully saturated rings. The fraction of sp³-hybridized carbons (Fsp3) is 0.500. The van der Waals surface area contributed by atoms with Gasteiger partial charge in [0.05, 0.1) is 28.4 Å². The highest BCUT2D eigenvalue weighted by Gasteiger charge is 2.11. The van der Waals surface area contributed by atoms with Crippen molar-refractivity contribution in [1.82, 2.24) is 5.32 Å². The number of benzene rings is 1. The summed E-state index contributed by atoms with van der Waals surface area (Å²) in [6.07, 6.45) is 0.247. The van der Waals surface area contributed by atoms with Crippen LogP contribution in [-0.4, -0.2) is 30.2 Å². The molecule has 0 aromatic heterocycles. The highest BCUT2D eigenvalue weighted by Crippen LogP contribution is 2.29. The van der Waals surface area contributed by atoms with E-state index in [4.69, 9.17) is 23.2 Å². The molecule has 1 aromatic carbocycles. The fourth-order valence-electron chi connectivity index (χ4n) is 1.78. The van der Waals surface area contributed by atoms with Crippen LogP contribution in [0.4, 0.5) is 5.69 Å². The molecule has 0 heterocycles. The van der Waals surface area contributed by atoms with Gasteiger partial charge >= 0.3 is 0 Å². The third kappa shape index (κ3) is 6.09. The van der Waals surface area contributed by atoms with Crippen LogP contribution in [0.3, 0.4) is 0 Å². The lowest BCUT2D eigenvalue weighted by molar-refractivity contribution is -0.115. The van der Waals surface area contributed by atoms with Gasteiger partial charge in [0.25, 0.3) is 0 Å². The number of hydrogen-bond acceptors (Lipinski definition) is 3. The van der Waals surface area contributed by atoms with Gasteiger partial charge in [0, 0.05) is 6.54 Å². The minimum atomic E-state index is -0.452. The minimum absolute atomic E-state index is 0.0940. The standard InChI is InChI=1S/C14H20Cl2N2O2/c1-9(2)6-10(19)7-17-8-13(20)18-14-11(15)4-3-5-12(14)16/h3-5,9-10,17,19H,6-8H2,1-2H3,(H,18,20). The number of para-hydroxylation sites is 1. The van der Waals surface area contributed by atoms with E-state index in [-0.39, 0.29) is 12.5 Å². The number of anilines is 1. The van der Waals surface area contributed by atoms with Gasteiger partial charge in [0.2, 0.25) is 5.91 Å². The Balaban J connectivity index is 2.37. The molecule has 0 saturated carbocycles. The van der Waals surface area contributed by atoms with E-state index in [9.17, 15) is 9.90 Å². The van der Waals surface area contributed by atoms with E-state index in [1.54, 1.807) is 18.2 Å². The summed E-state index contributed by atoms with van der Waals surface area (Å²) in [5.41, 5.74) is 0.408. The molecule has 6 heteroatoms. The Bertz CT molecular complexity index is 433. The topological polar surface area (TPSA) is 61.4 Å². The molecule has 1 aromatic rings. The molecule has 0 aliphatic heterocycles. The summed E-state index contributed by atoms with van der Waals surface area (Å²) in [5.74, 6) is 0.166. The van der Waals surface area contributed by atoms with E-state index < -0.39 is 6.10 Å². The summed E-state index contributed by atoms with van der Waals surface area (Å²) in [4.78, 5) is 11.7. The van der Waals surface area contributed by atoms with Gasteiger partial charge in [-0.3, -0.25) is 4.79 Å². The Kier molecular flexibility index (Phi) is 7.30. The number of rotatable bonds is 7. The number of nitrogens with one attached hydrogen (secondary N) is 2. The molecule has 0 aliphatic rings. The van der Waals surface area contributed by atoms with Crippen LogP contribution in [0.15, 0.2) is 18.2 Å². The maximum atomic E-state index is 11.7. The van der Waals surface area contributed by atoms with Crippen LogP contribution in [-0.2, 0) is 4.79 Å². The number of halogens is 2. The number of amides is 1. The summed E-state index contributed by atoms with van der Waals surface area (Å²) in [7, 11) is 0. The van der Waals surface area contributed by atoms with E-state index in [2.05, 4.69) is 10.6 Å². The number of carbonyl (C=O) groups excluding carboxylic acids is 1. The molecule has 1 amide bonds. The van der Waals surface area contributed by atoms with Crippen LogP contribution in [0.1, 0.15) is 20.3 Å². The van der Waals surface area contributed by atoms with Crippen LogP contribution in [0.5, 0.6) is 0 Å². The molecule has 112 valence electrons. The highest BCUT2D eigenvalue weighted by molar-refractivity contribution is 6.39. The van der Waals surface area contributed by atoms with Crippen molar-refractivity contribution in [3.63, 3.8) is 0 Å². The van der Waals surface area contributed by atoms with Crippen LogP contribution in [0.25, 0.3) is 0 Å². The Morgan fingerprint density at radius 2 is 1.90 bits per heavy atom. The smallest absolute Gasteiger partial charge is 0.238 e. The molecule has 3 N–H and O–H groups in total. The van der Waals surface area contributed by atoms with Gasteiger partial charge in [-0.1, -0.05) is 43.1 Å². The molecule has 1 rings (SSSR count). The van der Waals surface area contributed by atoms with Gasteiger partial charge < -0.3 is 15.7 Å². The number of hydrogen-bond donors (Lipinski definition) is 3. The predicted octanol–water partition coefficient (Wildman–Crippen LogP) is 2.93. The molecular weight excluding hydrogens is 299 g/mol. The van der Waals surface area contributed by atoms with Gasteiger partial charge in [0.1, 0.15) is 0 Å². The summed E-state index contributed by atoms with van der Waals surface area (Å²) < 4.78 is 0. The summed E-state index contributed by atoms with van der Waals surface area (Å²) >= 11 is 11.9. The molecule has 0 bridgehead atoms. The predicted molar refractivity (Wildman–Crippen MR) is 83.4 cm³/mol. The van der Waals surface area contributed by atoms with E-state index in [1.165, 1.54) is 0 Å². The Morgan fingerprint density at radius 3 is 2.45 bits per heavy atom. The first-order valence-corrected chi connectivity index (χ1v) is 7.28. The number of aliphatic hydroxyl groups is 1. The van der Waals surface area contributed by atoms with Gasteiger partial charge in [0.15, 0.2) is 0 Å². The first kappa shape index (κ1) is 17.2. The van der Waals surface area contributed by atoms with Crippen molar-refractivity contribution < 1.29 is 9.90 Å². The van der Waals surface area contributed by atoms with Crippen molar-refractivity contribution >= 4 is 34.8 Å². The van der Waals surface area contributed by atoms with Crippen molar-refractivity contribution in [1.29, 1.82) is 0 Å². The van der Waals surface area contributed by atoms with Crippen LogP contribution < -0.4 is 10.6 Å². The molecule has 4 nitrogen and oxygen atoms in total. The first-order chi connectivity index (χ1) is 9.40. The lowest BCUT2D eigenvalue weighted by Gasteiger charge is -2.14. The third-order valence-corrected chi connectivity index (χ3v) is 3.27. The van der Waals surface area contributed by atoms with Crippen LogP contribution in [0.2, 0.25) is 10.0 Å². The van der Waals surface area contributed by atoms with Crippen molar-refractivity contribution in [3.8, 4) is 0 Å². The van der Waals surface area contributed by atoms with E-state index >= 15 is 0 Å². The van der Waals surface area contributed by atoms with Gasteiger partial charge in [-0.05, 0) is 24.5 Å². The Morgan fingerprint density at radius 1 is 1.30 bits per heavy atom. The largest absolute Gasteiger partial charge is 0.392 e. The van der Waals surface area contributed by atoms with E-state index in [0.717, 1.165) is 0 Å². The minimum Gasteiger partial charge on any atom is -0.392 e. The van der Waals surface area contributed by atoms with Gasteiger partial charge in [-0.2, -0.15) is 0 Å². The average Bonchev–Trinajstić information content (AvgIpc) is 2.33. The van der Waals surface area contributed by atoms with Crippen molar-refractivity contribution in [2.24, 2.45) is 5.92 Å². The fourth-order valence-corrected chi connectivity index (χ4v) is 2.27. The van der Waals surface area contributed by atoms with Crippen molar-refractivity contribution in [3.05, 3.63) is 28.2 Å². The lowest BCUT2D eigenvalue weighted by atomic mass is 10.1. The second-order valence-corrected chi connectivity index (χ2v) is 5.87. The zero-order valence-electron chi connectivity index (χ0n) is 11.6. The molecule has 1 unspecified atom stereocenters. The van der Waals surface area contributed by atoms with Gasteiger partial charge in [-0.15, -0.1) is 0 Å². The van der Waals surface area contributed by atoms with Crippen LogP contribution in [0, 0.1) is 5.92 Å². The molecule has 0 spiro atoms. The van der Waals surface area contributed by atoms with Crippen LogP contribution >= 0.6 is 23.2 Å². The van der Waals surface area contributed by atoms with Crippen molar-refractivity contribution in [2.75, 3.05) is 18.4 Å². The zero-order valence-corrected chi connectivity index (χ0v) is 13.1. The van der Waals surface area contributed by atoms with Crippen molar-refractivity contribution in [2.45, 2.75) is 26.4 Å². The SMILES string of the molecule is CC(C)CC(O)CNCC(=O)Nc1c(Cl)cccc1Cl. The lowest BCUT2D eigenvalue weighted by Crippen LogP contribution is -2.34. The summed E-state index contributed by atoms with van der Waals surface area (Å²) in [5, 5.41) is 16.0. The number of carbonyl (C=O) groups is 1. The molecule has 1 atom stereocenters.